The summed E-state index contributed by atoms with van der Waals surface area (Å²) < 4.78 is 0. The van der Waals surface area contributed by atoms with E-state index in [2.05, 4.69) is 133 Å². The summed E-state index contributed by atoms with van der Waals surface area (Å²) in [4.78, 5) is 8.71. The van der Waals surface area contributed by atoms with Gasteiger partial charge in [0.15, 0.2) is 0 Å². The van der Waals surface area contributed by atoms with Crippen molar-refractivity contribution < 1.29 is 0 Å². The van der Waals surface area contributed by atoms with Crippen molar-refractivity contribution in [3.8, 4) is 22.5 Å². The van der Waals surface area contributed by atoms with Gasteiger partial charge in [-0.3, -0.25) is 0 Å². The third-order valence-electron chi connectivity index (χ3n) is 7.87. The van der Waals surface area contributed by atoms with Crippen LogP contribution in [-0.2, 0) is 0 Å². The lowest BCUT2D eigenvalue weighted by atomic mass is 9.93. The van der Waals surface area contributed by atoms with E-state index in [0.29, 0.717) is 0 Å². The number of aryl methyl sites for hydroxylation is 1. The molecule has 0 aliphatic rings. The quantitative estimate of drug-likeness (QED) is 0.243. The maximum absolute atomic E-state index is 5.06. The highest BCUT2D eigenvalue weighted by molar-refractivity contribution is 6.07. The predicted molar refractivity (Wildman–Crippen MR) is 162 cm³/mol. The van der Waals surface area contributed by atoms with Crippen molar-refractivity contribution in [2.75, 3.05) is 0 Å². The predicted octanol–water partition coefficient (Wildman–Crippen LogP) is 9.82. The third-order valence-corrected chi connectivity index (χ3v) is 7.87. The summed E-state index contributed by atoms with van der Waals surface area (Å²) in [5, 5.41) is 9.99. The molecule has 7 aromatic carbocycles. The second-order valence-corrected chi connectivity index (χ2v) is 10.2. The zero-order chi connectivity index (χ0) is 25.2. The fraction of sp³-hybridized carbons (Fsp3) is 0.0278. The molecule has 8 aromatic rings. The normalized spacial score (nSPS) is 11.8. The van der Waals surface area contributed by atoms with Gasteiger partial charge in [-0.1, -0.05) is 84.9 Å². The molecular formula is C36H24N2. The minimum Gasteiger partial charge on any atom is -0.338 e. The molecule has 0 bridgehead atoms. The fourth-order valence-corrected chi connectivity index (χ4v) is 5.95. The molecular weight excluding hydrogens is 460 g/mol. The smallest absolute Gasteiger partial charge is 0.139 e. The van der Waals surface area contributed by atoms with Gasteiger partial charge in [0, 0.05) is 5.56 Å². The van der Waals surface area contributed by atoms with E-state index in [1.807, 2.05) is 0 Å². The first-order valence-corrected chi connectivity index (χ1v) is 13.1. The molecule has 178 valence electrons. The number of H-pyrrole nitrogens is 1. The van der Waals surface area contributed by atoms with Gasteiger partial charge in [-0.05, 0) is 103 Å². The first-order chi connectivity index (χ1) is 18.7. The molecule has 0 amide bonds. The molecule has 8 rings (SSSR count). The Morgan fingerprint density at radius 1 is 0.474 bits per heavy atom. The van der Waals surface area contributed by atoms with Gasteiger partial charge in [-0.25, -0.2) is 4.98 Å². The maximum Gasteiger partial charge on any atom is 0.139 e. The zero-order valence-corrected chi connectivity index (χ0v) is 21.0. The van der Waals surface area contributed by atoms with E-state index in [9.17, 15) is 0 Å². The molecule has 0 unspecified atom stereocenters. The Balaban J connectivity index is 1.32. The molecule has 2 nitrogen and oxygen atoms in total. The van der Waals surface area contributed by atoms with Crippen molar-refractivity contribution in [3.63, 3.8) is 0 Å². The number of fused-ring (bicyclic) bond motifs is 5. The first-order valence-electron chi connectivity index (χ1n) is 13.1. The molecule has 2 heteroatoms. The van der Waals surface area contributed by atoms with E-state index in [4.69, 9.17) is 4.98 Å². The Morgan fingerprint density at radius 3 is 1.63 bits per heavy atom. The SMILES string of the molecule is Cc1cc2nc(-c3cccc4cc5ccccc5cc34)[nH]c2cc1-c1cccc2cc3ccccc3cc12. The molecule has 38 heavy (non-hydrogen) atoms. The second kappa shape index (κ2) is 8.03. The van der Waals surface area contributed by atoms with Crippen LogP contribution in [0, 0.1) is 6.92 Å². The van der Waals surface area contributed by atoms with E-state index in [0.717, 1.165) is 22.4 Å². The Kier molecular flexibility index (Phi) is 4.47. The van der Waals surface area contributed by atoms with Crippen LogP contribution in [0.3, 0.4) is 0 Å². The third kappa shape index (κ3) is 3.24. The Bertz CT molecular complexity index is 2200. The molecule has 1 aromatic heterocycles. The number of aromatic amines is 1. The van der Waals surface area contributed by atoms with Crippen LogP contribution in [0.5, 0.6) is 0 Å². The molecule has 0 saturated carbocycles. The van der Waals surface area contributed by atoms with Crippen molar-refractivity contribution in [2.24, 2.45) is 0 Å². The summed E-state index contributed by atoms with van der Waals surface area (Å²) in [5.41, 5.74) is 6.87. The van der Waals surface area contributed by atoms with Gasteiger partial charge in [0.05, 0.1) is 11.0 Å². The number of rotatable bonds is 2. The van der Waals surface area contributed by atoms with E-state index in [-0.39, 0.29) is 0 Å². The largest absolute Gasteiger partial charge is 0.338 e. The molecule has 0 spiro atoms. The van der Waals surface area contributed by atoms with Crippen LogP contribution in [0.2, 0.25) is 0 Å². The van der Waals surface area contributed by atoms with Crippen LogP contribution in [-0.4, -0.2) is 9.97 Å². The average Bonchev–Trinajstić information content (AvgIpc) is 3.36. The van der Waals surface area contributed by atoms with Crippen molar-refractivity contribution >= 4 is 54.1 Å². The maximum atomic E-state index is 5.06. The summed E-state index contributed by atoms with van der Waals surface area (Å²) in [6, 6.07) is 43.8. The standard InChI is InChI=1S/C36H24N2/c1-22-16-34-35(21-31(22)29-14-6-12-27-17-23-8-2-4-10-25(23)19-32(27)29)38-36(37-34)30-15-7-13-28-18-24-9-3-5-11-26(24)20-33(28)30/h2-21H,1H3,(H,37,38). The molecule has 0 saturated heterocycles. The first kappa shape index (κ1) is 21.2. The number of hydrogen-bond donors (Lipinski definition) is 1. The summed E-state index contributed by atoms with van der Waals surface area (Å²) in [5.74, 6) is 0.904. The number of hydrogen-bond acceptors (Lipinski definition) is 1. The van der Waals surface area contributed by atoms with Gasteiger partial charge in [-0.2, -0.15) is 0 Å². The summed E-state index contributed by atoms with van der Waals surface area (Å²) in [6.07, 6.45) is 0. The lowest BCUT2D eigenvalue weighted by Crippen LogP contribution is -1.87. The van der Waals surface area contributed by atoms with Crippen LogP contribution in [0.15, 0.2) is 121 Å². The van der Waals surface area contributed by atoms with E-state index >= 15 is 0 Å². The topological polar surface area (TPSA) is 28.7 Å². The van der Waals surface area contributed by atoms with Gasteiger partial charge < -0.3 is 4.98 Å². The van der Waals surface area contributed by atoms with Crippen molar-refractivity contribution in [1.82, 2.24) is 9.97 Å². The van der Waals surface area contributed by atoms with Gasteiger partial charge in [0.1, 0.15) is 5.82 Å². The lowest BCUT2D eigenvalue weighted by molar-refractivity contribution is 1.35. The number of nitrogens with zero attached hydrogens (tertiary/aromatic N) is 1. The van der Waals surface area contributed by atoms with Gasteiger partial charge in [-0.15, -0.1) is 0 Å². The zero-order valence-electron chi connectivity index (χ0n) is 21.0. The van der Waals surface area contributed by atoms with Crippen LogP contribution in [0.1, 0.15) is 5.56 Å². The van der Waals surface area contributed by atoms with Crippen molar-refractivity contribution in [1.29, 1.82) is 0 Å². The van der Waals surface area contributed by atoms with Crippen LogP contribution in [0.25, 0.3) is 76.6 Å². The number of nitrogens with one attached hydrogen (secondary N) is 1. The summed E-state index contributed by atoms with van der Waals surface area (Å²) in [7, 11) is 0. The Hall–Kier alpha value is -4.95. The highest BCUT2D eigenvalue weighted by Gasteiger charge is 2.14. The molecule has 0 fully saturated rings. The minimum atomic E-state index is 0.904. The van der Waals surface area contributed by atoms with Gasteiger partial charge in [0.25, 0.3) is 0 Å². The molecule has 0 aliphatic carbocycles. The van der Waals surface area contributed by atoms with Gasteiger partial charge in [0.2, 0.25) is 0 Å². The summed E-state index contributed by atoms with van der Waals surface area (Å²) in [6.45, 7) is 2.19. The molecule has 0 atom stereocenters. The van der Waals surface area contributed by atoms with Crippen LogP contribution >= 0.6 is 0 Å². The Morgan fingerprint density at radius 2 is 1.00 bits per heavy atom. The Labute approximate surface area is 220 Å². The van der Waals surface area contributed by atoms with E-state index < -0.39 is 0 Å². The fourth-order valence-electron chi connectivity index (χ4n) is 5.95. The van der Waals surface area contributed by atoms with Crippen molar-refractivity contribution in [3.05, 3.63) is 127 Å². The van der Waals surface area contributed by atoms with E-state index in [1.54, 1.807) is 0 Å². The number of benzene rings is 7. The monoisotopic (exact) mass is 484 g/mol. The number of imidazole rings is 1. The molecule has 0 radical (unpaired) electrons. The second-order valence-electron chi connectivity index (χ2n) is 10.2. The van der Waals surface area contributed by atoms with Gasteiger partial charge >= 0.3 is 0 Å². The van der Waals surface area contributed by atoms with Crippen LogP contribution in [0.4, 0.5) is 0 Å². The molecule has 1 heterocycles. The van der Waals surface area contributed by atoms with Crippen molar-refractivity contribution in [2.45, 2.75) is 6.92 Å². The minimum absolute atomic E-state index is 0.904. The number of aromatic nitrogens is 2. The average molecular weight is 485 g/mol. The van der Waals surface area contributed by atoms with E-state index in [1.165, 1.54) is 59.8 Å². The highest BCUT2D eigenvalue weighted by atomic mass is 14.9. The lowest BCUT2D eigenvalue weighted by Gasteiger charge is -2.11. The molecule has 1 N–H and O–H groups in total. The highest BCUT2D eigenvalue weighted by Crippen LogP contribution is 2.37. The molecule has 0 aliphatic heterocycles. The summed E-state index contributed by atoms with van der Waals surface area (Å²) >= 11 is 0. The van der Waals surface area contributed by atoms with Crippen LogP contribution < -0.4 is 0 Å².